The second-order valence-corrected chi connectivity index (χ2v) is 11.6. The summed E-state index contributed by atoms with van der Waals surface area (Å²) < 4.78 is 7.59. The number of benzene rings is 3. The fraction of sp³-hybridized carbons (Fsp3) is 0.189. The third-order valence-electron chi connectivity index (χ3n) is 8.87. The zero-order chi connectivity index (χ0) is 31.5. The normalized spacial score (nSPS) is 12.8. The summed E-state index contributed by atoms with van der Waals surface area (Å²) in [5.41, 5.74) is 12.5. The van der Waals surface area contributed by atoms with Crippen molar-refractivity contribution in [2.75, 3.05) is 7.11 Å². The molecule has 0 aliphatic rings. The number of pyridine rings is 1. The third kappa shape index (κ3) is 5.75. The number of nitrogens with two attached hydrogens (primary N) is 1. The van der Waals surface area contributed by atoms with Crippen molar-refractivity contribution >= 4 is 27.7 Å². The van der Waals surface area contributed by atoms with E-state index in [4.69, 9.17) is 20.7 Å². The maximum Gasteiger partial charge on any atom is 0.225 e. The molecule has 46 heavy (non-hydrogen) atoms. The van der Waals surface area contributed by atoms with E-state index in [0.29, 0.717) is 19.4 Å². The van der Waals surface area contributed by atoms with E-state index in [-0.39, 0.29) is 0 Å². The molecule has 230 valence electrons. The molecule has 4 N–H and O–H groups in total. The molecule has 0 spiro atoms. The molecule has 4 heterocycles. The number of methoxy groups -OCH3 is 1. The molecule has 2 unspecified atom stereocenters. The first kappa shape index (κ1) is 29.0. The molecular formula is C37H35N7O2. The number of nitrogens with one attached hydrogen (secondary N) is 2. The lowest BCUT2D eigenvalue weighted by Crippen LogP contribution is -2.30. The molecule has 0 radical (unpaired) electrons. The highest BCUT2D eigenvalue weighted by Gasteiger charge is 2.35. The molecule has 9 nitrogen and oxygen atoms in total. The summed E-state index contributed by atoms with van der Waals surface area (Å²) in [6.07, 6.45) is 9.46. The van der Waals surface area contributed by atoms with E-state index >= 15 is 0 Å². The quantitative estimate of drug-likeness (QED) is 0.155. The van der Waals surface area contributed by atoms with Crippen LogP contribution in [0.5, 0.6) is 5.75 Å². The van der Waals surface area contributed by atoms with Crippen molar-refractivity contribution in [2.24, 2.45) is 5.73 Å². The fourth-order valence-corrected chi connectivity index (χ4v) is 6.54. The Morgan fingerprint density at radius 2 is 1.48 bits per heavy atom. The summed E-state index contributed by atoms with van der Waals surface area (Å²) in [5.74, 6) is 0.878. The van der Waals surface area contributed by atoms with Crippen LogP contribution >= 0.6 is 0 Å². The smallest absolute Gasteiger partial charge is 0.225 e. The Kier molecular flexibility index (Phi) is 8.03. The minimum absolute atomic E-state index is 0.397. The Morgan fingerprint density at radius 3 is 2.15 bits per heavy atom. The maximum atomic E-state index is 13.4. The second-order valence-electron chi connectivity index (χ2n) is 11.6. The van der Waals surface area contributed by atoms with Crippen LogP contribution in [-0.2, 0) is 30.6 Å². The van der Waals surface area contributed by atoms with E-state index in [2.05, 4.69) is 68.2 Å². The molecule has 0 aliphatic heterocycles. The van der Waals surface area contributed by atoms with Gasteiger partial charge in [0, 0.05) is 58.9 Å². The molecular weight excluding hydrogens is 574 g/mol. The Balaban J connectivity index is 1.33. The number of aryl methyl sites for hydroxylation is 2. The number of primary amides is 1. The number of carbonyl (C=O) groups is 1. The number of nitrogens with zero attached hydrogens (tertiary/aromatic N) is 4. The number of amides is 1. The van der Waals surface area contributed by atoms with Gasteiger partial charge in [-0.15, -0.1) is 10.2 Å². The van der Waals surface area contributed by atoms with Crippen LogP contribution in [0.1, 0.15) is 45.7 Å². The van der Waals surface area contributed by atoms with Gasteiger partial charge in [-0.1, -0.05) is 48.5 Å². The molecule has 9 heteroatoms. The standard InChI is InChI=1S/C37H35N7O2/c1-46-28-13-10-24(11-14-28)23-44-34(15-12-26-21-40-32-8-4-2-6-29(26)32)42-43-37(44)31(35(36(38)45)25-16-18-39-19-17-25)20-27-22-41-33-9-5-3-7-30(27)33/h2-11,13-14,16-19,21-22,31,35,40-41H,12,15,20,23H2,1H3,(H2,38,45). The van der Waals surface area contributed by atoms with E-state index in [9.17, 15) is 4.79 Å². The lowest BCUT2D eigenvalue weighted by atomic mass is 9.81. The molecule has 7 rings (SSSR count). The minimum Gasteiger partial charge on any atom is -0.497 e. The Morgan fingerprint density at radius 1 is 0.826 bits per heavy atom. The van der Waals surface area contributed by atoms with Crippen LogP contribution in [0.4, 0.5) is 0 Å². The molecule has 0 aliphatic carbocycles. The van der Waals surface area contributed by atoms with Crippen LogP contribution in [0.15, 0.2) is 110 Å². The zero-order valence-corrected chi connectivity index (χ0v) is 25.6. The molecule has 0 bridgehead atoms. The average Bonchev–Trinajstić information content (AvgIpc) is 3.81. The summed E-state index contributed by atoms with van der Waals surface area (Å²) in [6.45, 7) is 0.530. The number of para-hydroxylation sites is 2. The van der Waals surface area contributed by atoms with Gasteiger partial charge in [-0.25, -0.2) is 0 Å². The van der Waals surface area contributed by atoms with Gasteiger partial charge in [0.05, 0.1) is 19.6 Å². The van der Waals surface area contributed by atoms with Crippen molar-refractivity contribution < 1.29 is 9.53 Å². The number of hydrogen-bond acceptors (Lipinski definition) is 5. The molecule has 0 fully saturated rings. The van der Waals surface area contributed by atoms with E-state index in [1.165, 1.54) is 10.9 Å². The van der Waals surface area contributed by atoms with Gasteiger partial charge in [-0.3, -0.25) is 9.78 Å². The number of ether oxygens (including phenoxy) is 1. The van der Waals surface area contributed by atoms with E-state index in [1.807, 2.05) is 48.7 Å². The van der Waals surface area contributed by atoms with E-state index in [1.54, 1.807) is 19.5 Å². The summed E-state index contributed by atoms with van der Waals surface area (Å²) in [5, 5.41) is 11.9. The highest BCUT2D eigenvalue weighted by molar-refractivity contribution is 5.85. The Labute approximate surface area is 266 Å². The molecule has 2 atom stereocenters. The van der Waals surface area contributed by atoms with Gasteiger partial charge in [0.2, 0.25) is 5.91 Å². The number of aromatic amines is 2. The molecule has 3 aromatic carbocycles. The SMILES string of the molecule is COc1ccc(Cn2c(CCc3c[nH]c4ccccc34)nnc2C(Cc2c[nH]c3ccccc23)C(C(N)=O)c2ccncc2)cc1. The average molecular weight is 610 g/mol. The minimum atomic E-state index is -0.656. The van der Waals surface area contributed by atoms with Crippen LogP contribution in [-0.4, -0.2) is 42.7 Å². The van der Waals surface area contributed by atoms with Crippen LogP contribution in [0.2, 0.25) is 0 Å². The van der Waals surface area contributed by atoms with Gasteiger partial charge in [-0.2, -0.15) is 0 Å². The Bertz CT molecular complexity index is 2090. The topological polar surface area (TPSA) is 128 Å². The Hall–Kier alpha value is -5.70. The summed E-state index contributed by atoms with van der Waals surface area (Å²) in [6, 6.07) is 28.2. The predicted molar refractivity (Wildman–Crippen MR) is 179 cm³/mol. The highest BCUT2D eigenvalue weighted by Crippen LogP contribution is 2.37. The van der Waals surface area contributed by atoms with Crippen LogP contribution < -0.4 is 10.5 Å². The van der Waals surface area contributed by atoms with Gasteiger partial charge in [-0.05, 0) is 71.5 Å². The van der Waals surface area contributed by atoms with Gasteiger partial charge in [0.15, 0.2) is 0 Å². The molecule has 0 saturated carbocycles. The van der Waals surface area contributed by atoms with Crippen LogP contribution in [0.25, 0.3) is 21.8 Å². The first-order valence-electron chi connectivity index (χ1n) is 15.4. The van der Waals surface area contributed by atoms with E-state index in [0.717, 1.165) is 56.9 Å². The van der Waals surface area contributed by atoms with Crippen molar-refractivity contribution in [3.8, 4) is 5.75 Å². The summed E-state index contributed by atoms with van der Waals surface area (Å²) >= 11 is 0. The first-order chi connectivity index (χ1) is 22.6. The van der Waals surface area contributed by atoms with E-state index < -0.39 is 17.7 Å². The summed E-state index contributed by atoms with van der Waals surface area (Å²) in [4.78, 5) is 24.3. The molecule has 0 saturated heterocycles. The third-order valence-corrected chi connectivity index (χ3v) is 8.87. The van der Waals surface area contributed by atoms with Gasteiger partial charge in [0.25, 0.3) is 0 Å². The van der Waals surface area contributed by atoms with Gasteiger partial charge in [0.1, 0.15) is 17.4 Å². The fourth-order valence-electron chi connectivity index (χ4n) is 6.54. The molecule has 7 aromatic rings. The number of hydrogen-bond donors (Lipinski definition) is 3. The van der Waals surface area contributed by atoms with Crippen LogP contribution in [0, 0.1) is 0 Å². The van der Waals surface area contributed by atoms with Crippen molar-refractivity contribution in [3.63, 3.8) is 0 Å². The second kappa shape index (κ2) is 12.7. The van der Waals surface area contributed by atoms with Crippen molar-refractivity contribution in [3.05, 3.63) is 144 Å². The molecule has 4 aromatic heterocycles. The predicted octanol–water partition coefficient (Wildman–Crippen LogP) is 6.07. The summed E-state index contributed by atoms with van der Waals surface area (Å²) in [7, 11) is 1.66. The molecule has 1 amide bonds. The maximum absolute atomic E-state index is 13.4. The van der Waals surface area contributed by atoms with Crippen molar-refractivity contribution in [1.82, 2.24) is 29.7 Å². The highest BCUT2D eigenvalue weighted by atomic mass is 16.5. The zero-order valence-electron chi connectivity index (χ0n) is 25.6. The number of rotatable bonds is 12. The van der Waals surface area contributed by atoms with Crippen molar-refractivity contribution in [1.29, 1.82) is 0 Å². The number of fused-ring (bicyclic) bond motifs is 2. The lowest BCUT2D eigenvalue weighted by molar-refractivity contribution is -0.120. The first-order valence-corrected chi connectivity index (χ1v) is 15.4. The monoisotopic (exact) mass is 609 g/mol. The largest absolute Gasteiger partial charge is 0.497 e. The number of H-pyrrole nitrogens is 2. The van der Waals surface area contributed by atoms with Gasteiger partial charge >= 0.3 is 0 Å². The van der Waals surface area contributed by atoms with Crippen molar-refractivity contribution in [2.45, 2.75) is 37.6 Å². The van der Waals surface area contributed by atoms with Crippen LogP contribution in [0.3, 0.4) is 0 Å². The lowest BCUT2D eigenvalue weighted by Gasteiger charge is -2.26. The van der Waals surface area contributed by atoms with Gasteiger partial charge < -0.3 is 25.0 Å². The number of carbonyl (C=O) groups excluding carboxylic acids is 1. The number of aromatic nitrogens is 6.